The van der Waals surface area contributed by atoms with Crippen molar-refractivity contribution in [1.29, 1.82) is 0 Å². The molecular formula is C12H22N2O3. The highest BCUT2D eigenvalue weighted by Crippen LogP contribution is 2.11. The van der Waals surface area contributed by atoms with Crippen molar-refractivity contribution < 1.29 is 14.3 Å². The predicted octanol–water partition coefficient (Wildman–Crippen LogP) is 0.300. The summed E-state index contributed by atoms with van der Waals surface area (Å²) in [5.74, 6) is -0.0977. The molecular weight excluding hydrogens is 220 g/mol. The molecule has 0 aromatic rings. The second-order valence-electron chi connectivity index (χ2n) is 4.90. The molecule has 0 radical (unpaired) electrons. The highest BCUT2D eigenvalue weighted by atomic mass is 16.5. The van der Waals surface area contributed by atoms with Gasteiger partial charge in [0.15, 0.2) is 0 Å². The maximum absolute atomic E-state index is 11.9. The van der Waals surface area contributed by atoms with Crippen LogP contribution in [0.1, 0.15) is 26.7 Å². The van der Waals surface area contributed by atoms with E-state index in [2.05, 4.69) is 10.6 Å². The van der Waals surface area contributed by atoms with Crippen LogP contribution < -0.4 is 10.6 Å². The molecule has 0 aromatic heterocycles. The Kier molecular flexibility index (Phi) is 5.41. The fourth-order valence-electron chi connectivity index (χ4n) is 2.00. The lowest BCUT2D eigenvalue weighted by molar-refractivity contribution is -0.146. The van der Waals surface area contributed by atoms with Crippen LogP contribution in [0.4, 0.5) is 0 Å². The Bertz CT molecular complexity index is 273. The lowest BCUT2D eigenvalue weighted by Crippen LogP contribution is -2.45. The summed E-state index contributed by atoms with van der Waals surface area (Å²) in [6, 6.07) is -0.520. The van der Waals surface area contributed by atoms with Crippen LogP contribution in [0.3, 0.4) is 0 Å². The third-order valence-electron chi connectivity index (χ3n) is 2.94. The molecule has 2 atom stereocenters. The average Bonchev–Trinajstić information content (AvgIpc) is 2.79. The summed E-state index contributed by atoms with van der Waals surface area (Å²) in [4.78, 5) is 23.4. The zero-order valence-electron chi connectivity index (χ0n) is 10.8. The number of rotatable bonds is 5. The van der Waals surface area contributed by atoms with Crippen molar-refractivity contribution in [2.45, 2.75) is 32.7 Å². The van der Waals surface area contributed by atoms with Crippen molar-refractivity contribution in [2.75, 3.05) is 20.2 Å². The Morgan fingerprint density at radius 2 is 2.18 bits per heavy atom. The largest absolute Gasteiger partial charge is 0.467 e. The SMILES string of the molecule is COC(=O)C(CC(C)C)NC(=O)C1CCNC1. The van der Waals surface area contributed by atoms with Gasteiger partial charge in [0.2, 0.25) is 5.91 Å². The van der Waals surface area contributed by atoms with Crippen LogP contribution in [-0.4, -0.2) is 38.1 Å². The molecule has 98 valence electrons. The van der Waals surface area contributed by atoms with Gasteiger partial charge < -0.3 is 15.4 Å². The maximum atomic E-state index is 11.9. The number of amides is 1. The van der Waals surface area contributed by atoms with Crippen molar-refractivity contribution in [1.82, 2.24) is 10.6 Å². The van der Waals surface area contributed by atoms with Gasteiger partial charge in [-0.2, -0.15) is 0 Å². The summed E-state index contributed by atoms with van der Waals surface area (Å²) in [5, 5.41) is 5.92. The summed E-state index contributed by atoms with van der Waals surface area (Å²) in [7, 11) is 1.35. The zero-order chi connectivity index (χ0) is 12.8. The Labute approximate surface area is 102 Å². The molecule has 0 bridgehead atoms. The Balaban J connectivity index is 2.52. The molecule has 0 spiro atoms. The van der Waals surface area contributed by atoms with Gasteiger partial charge >= 0.3 is 5.97 Å². The maximum Gasteiger partial charge on any atom is 0.328 e. The minimum absolute atomic E-state index is 0.0191. The molecule has 1 aliphatic heterocycles. The number of hydrogen-bond acceptors (Lipinski definition) is 4. The van der Waals surface area contributed by atoms with Crippen LogP contribution in [0.25, 0.3) is 0 Å². The molecule has 2 N–H and O–H groups in total. The van der Waals surface area contributed by atoms with Gasteiger partial charge in [0.25, 0.3) is 0 Å². The number of carbonyl (C=O) groups is 2. The van der Waals surface area contributed by atoms with Gasteiger partial charge in [-0.3, -0.25) is 4.79 Å². The lowest BCUT2D eigenvalue weighted by Gasteiger charge is -2.20. The average molecular weight is 242 g/mol. The number of carbonyl (C=O) groups excluding carboxylic acids is 2. The Morgan fingerprint density at radius 1 is 1.47 bits per heavy atom. The topological polar surface area (TPSA) is 67.4 Å². The molecule has 1 aliphatic rings. The number of nitrogens with one attached hydrogen (secondary N) is 2. The molecule has 0 aliphatic carbocycles. The number of ether oxygens (including phenoxy) is 1. The molecule has 5 heteroatoms. The molecule has 1 amide bonds. The predicted molar refractivity (Wildman–Crippen MR) is 64.4 cm³/mol. The van der Waals surface area contributed by atoms with E-state index in [0.717, 1.165) is 13.0 Å². The van der Waals surface area contributed by atoms with Crippen molar-refractivity contribution in [2.24, 2.45) is 11.8 Å². The van der Waals surface area contributed by atoms with Crippen LogP contribution >= 0.6 is 0 Å². The summed E-state index contributed by atoms with van der Waals surface area (Å²) in [5.41, 5.74) is 0. The second kappa shape index (κ2) is 6.59. The van der Waals surface area contributed by atoms with E-state index in [9.17, 15) is 9.59 Å². The van der Waals surface area contributed by atoms with Gasteiger partial charge in [-0.25, -0.2) is 4.79 Å². The number of hydrogen-bond donors (Lipinski definition) is 2. The standard InChI is InChI=1S/C12H22N2O3/c1-8(2)6-10(12(16)17-3)14-11(15)9-4-5-13-7-9/h8-10,13H,4-7H2,1-3H3,(H,14,15). The third-order valence-corrected chi connectivity index (χ3v) is 2.94. The van der Waals surface area contributed by atoms with Gasteiger partial charge in [0.05, 0.1) is 13.0 Å². The first-order valence-electron chi connectivity index (χ1n) is 6.13. The molecule has 0 saturated carbocycles. The van der Waals surface area contributed by atoms with E-state index in [-0.39, 0.29) is 17.8 Å². The summed E-state index contributed by atoms with van der Waals surface area (Å²) < 4.78 is 4.71. The van der Waals surface area contributed by atoms with Gasteiger partial charge in [-0.15, -0.1) is 0 Å². The molecule has 1 saturated heterocycles. The van der Waals surface area contributed by atoms with Crippen LogP contribution in [0.2, 0.25) is 0 Å². The lowest BCUT2D eigenvalue weighted by atomic mass is 10.0. The van der Waals surface area contributed by atoms with E-state index in [1.54, 1.807) is 0 Å². The van der Waals surface area contributed by atoms with Gasteiger partial charge in [-0.1, -0.05) is 13.8 Å². The van der Waals surface area contributed by atoms with E-state index < -0.39 is 6.04 Å². The smallest absolute Gasteiger partial charge is 0.328 e. The van der Waals surface area contributed by atoms with Crippen LogP contribution in [-0.2, 0) is 14.3 Å². The van der Waals surface area contributed by atoms with Crippen LogP contribution in [0.15, 0.2) is 0 Å². The first-order valence-corrected chi connectivity index (χ1v) is 6.13. The quantitative estimate of drug-likeness (QED) is 0.680. The molecule has 17 heavy (non-hydrogen) atoms. The minimum Gasteiger partial charge on any atom is -0.467 e. The summed E-state index contributed by atoms with van der Waals surface area (Å²) >= 11 is 0. The molecule has 1 heterocycles. The van der Waals surface area contributed by atoms with Crippen molar-refractivity contribution >= 4 is 11.9 Å². The minimum atomic E-state index is -0.520. The molecule has 2 unspecified atom stereocenters. The summed E-state index contributed by atoms with van der Waals surface area (Å²) in [6.45, 7) is 5.59. The fourth-order valence-corrected chi connectivity index (χ4v) is 2.00. The monoisotopic (exact) mass is 242 g/mol. The van der Waals surface area contributed by atoms with E-state index in [0.29, 0.717) is 18.9 Å². The fraction of sp³-hybridized carbons (Fsp3) is 0.833. The van der Waals surface area contributed by atoms with Gasteiger partial charge in [-0.05, 0) is 25.3 Å². The van der Waals surface area contributed by atoms with Crippen LogP contribution in [0, 0.1) is 11.8 Å². The number of methoxy groups -OCH3 is 1. The molecule has 0 aromatic carbocycles. The van der Waals surface area contributed by atoms with E-state index >= 15 is 0 Å². The Morgan fingerprint density at radius 3 is 2.65 bits per heavy atom. The molecule has 1 rings (SSSR count). The van der Waals surface area contributed by atoms with E-state index in [4.69, 9.17) is 4.74 Å². The van der Waals surface area contributed by atoms with Crippen molar-refractivity contribution in [3.63, 3.8) is 0 Å². The first kappa shape index (κ1) is 14.0. The summed E-state index contributed by atoms with van der Waals surface area (Å²) in [6.07, 6.45) is 1.44. The number of esters is 1. The van der Waals surface area contributed by atoms with E-state index in [1.165, 1.54) is 7.11 Å². The second-order valence-corrected chi connectivity index (χ2v) is 4.90. The van der Waals surface area contributed by atoms with Gasteiger partial charge in [0, 0.05) is 6.54 Å². The third kappa shape index (κ3) is 4.34. The van der Waals surface area contributed by atoms with Crippen molar-refractivity contribution in [3.05, 3.63) is 0 Å². The first-order chi connectivity index (χ1) is 8.04. The van der Waals surface area contributed by atoms with Crippen molar-refractivity contribution in [3.8, 4) is 0 Å². The van der Waals surface area contributed by atoms with Gasteiger partial charge in [0.1, 0.15) is 6.04 Å². The van der Waals surface area contributed by atoms with E-state index in [1.807, 2.05) is 13.8 Å². The van der Waals surface area contributed by atoms with Crippen LogP contribution in [0.5, 0.6) is 0 Å². The molecule has 1 fully saturated rings. The molecule has 5 nitrogen and oxygen atoms in total. The highest BCUT2D eigenvalue weighted by Gasteiger charge is 2.28. The Hall–Kier alpha value is -1.10. The highest BCUT2D eigenvalue weighted by molar-refractivity contribution is 5.86. The normalized spacial score (nSPS) is 21.3. The zero-order valence-corrected chi connectivity index (χ0v) is 10.8.